The molecule has 126 valence electrons. The summed E-state index contributed by atoms with van der Waals surface area (Å²) in [5.74, 6) is -0.104. The van der Waals surface area contributed by atoms with Gasteiger partial charge in [0.15, 0.2) is 0 Å². The number of hydrogen-bond donors (Lipinski definition) is 3. The Morgan fingerprint density at radius 3 is 2.00 bits per heavy atom. The van der Waals surface area contributed by atoms with Crippen molar-refractivity contribution in [2.75, 3.05) is 17.2 Å². The van der Waals surface area contributed by atoms with Crippen LogP contribution in [0.4, 0.5) is 11.4 Å². The lowest BCUT2D eigenvalue weighted by Crippen LogP contribution is -2.27. The van der Waals surface area contributed by atoms with Gasteiger partial charge in [-0.2, -0.15) is 0 Å². The Labute approximate surface area is 142 Å². The molecular weight excluding hydrogens is 302 g/mol. The average Bonchev–Trinajstić information content (AvgIpc) is 2.58. The second-order valence-corrected chi connectivity index (χ2v) is 5.51. The van der Waals surface area contributed by atoms with E-state index in [1.807, 2.05) is 37.3 Å². The van der Waals surface area contributed by atoms with Gasteiger partial charge in [-0.05, 0) is 36.2 Å². The Bertz CT molecular complexity index is 654. The largest absolute Gasteiger partial charge is 0.326 e. The van der Waals surface area contributed by atoms with E-state index in [9.17, 15) is 9.59 Å². The zero-order valence-electron chi connectivity index (χ0n) is 13.8. The van der Waals surface area contributed by atoms with E-state index in [0.29, 0.717) is 18.7 Å². The van der Waals surface area contributed by atoms with Gasteiger partial charge in [0.2, 0.25) is 11.8 Å². The van der Waals surface area contributed by atoms with Gasteiger partial charge in [-0.25, -0.2) is 0 Å². The Kier molecular flexibility index (Phi) is 6.98. The predicted octanol–water partition coefficient (Wildman–Crippen LogP) is 3.15. The van der Waals surface area contributed by atoms with Crippen LogP contribution in [0.25, 0.3) is 0 Å². The van der Waals surface area contributed by atoms with E-state index in [4.69, 9.17) is 0 Å². The van der Waals surface area contributed by atoms with Crippen LogP contribution in [0.2, 0.25) is 0 Å². The third-order valence-corrected chi connectivity index (χ3v) is 3.39. The minimum atomic E-state index is -0.103. The van der Waals surface area contributed by atoms with Crippen molar-refractivity contribution in [3.8, 4) is 0 Å². The van der Waals surface area contributed by atoms with Gasteiger partial charge in [0, 0.05) is 24.3 Å². The standard InChI is InChI=1S/C19H23N3O2/c1-2-6-18(23)21-16-9-11-17(12-10-16)22-19(24)14-20-13-15-7-4-3-5-8-15/h3-5,7-12,20H,2,6,13-14H2,1H3,(H,21,23)(H,22,24). The highest BCUT2D eigenvalue weighted by atomic mass is 16.2. The van der Waals surface area contributed by atoms with Gasteiger partial charge in [-0.1, -0.05) is 37.3 Å². The van der Waals surface area contributed by atoms with Crippen LogP contribution in [0, 0.1) is 0 Å². The van der Waals surface area contributed by atoms with Crippen LogP contribution in [-0.4, -0.2) is 18.4 Å². The van der Waals surface area contributed by atoms with E-state index in [1.165, 1.54) is 0 Å². The molecule has 0 fully saturated rings. The summed E-state index contributed by atoms with van der Waals surface area (Å²) in [5.41, 5.74) is 2.57. The van der Waals surface area contributed by atoms with E-state index in [1.54, 1.807) is 24.3 Å². The Balaban J connectivity index is 1.74. The molecule has 3 N–H and O–H groups in total. The summed E-state index contributed by atoms with van der Waals surface area (Å²) in [7, 11) is 0. The average molecular weight is 325 g/mol. The van der Waals surface area contributed by atoms with E-state index < -0.39 is 0 Å². The smallest absolute Gasteiger partial charge is 0.238 e. The molecule has 0 heterocycles. The second kappa shape index (κ2) is 9.47. The maximum Gasteiger partial charge on any atom is 0.238 e. The quantitative estimate of drug-likeness (QED) is 0.698. The molecule has 2 amide bonds. The van der Waals surface area contributed by atoms with Crippen LogP contribution in [0.1, 0.15) is 25.3 Å². The Hall–Kier alpha value is -2.66. The molecule has 0 saturated carbocycles. The minimum absolute atomic E-state index is 0.000558. The highest BCUT2D eigenvalue weighted by molar-refractivity contribution is 5.93. The number of anilines is 2. The number of carbonyl (C=O) groups excluding carboxylic acids is 2. The molecule has 0 aliphatic heterocycles. The first-order valence-electron chi connectivity index (χ1n) is 8.12. The fraction of sp³-hybridized carbons (Fsp3) is 0.263. The van der Waals surface area contributed by atoms with E-state index in [-0.39, 0.29) is 18.4 Å². The molecule has 0 spiro atoms. The fourth-order valence-corrected chi connectivity index (χ4v) is 2.21. The molecule has 0 aliphatic carbocycles. The third-order valence-electron chi connectivity index (χ3n) is 3.39. The monoisotopic (exact) mass is 325 g/mol. The van der Waals surface area contributed by atoms with Crippen LogP contribution in [0.3, 0.4) is 0 Å². The van der Waals surface area contributed by atoms with Crippen molar-refractivity contribution in [3.05, 3.63) is 60.2 Å². The number of carbonyl (C=O) groups is 2. The van der Waals surface area contributed by atoms with Crippen molar-refractivity contribution >= 4 is 23.2 Å². The van der Waals surface area contributed by atoms with Gasteiger partial charge >= 0.3 is 0 Å². The number of nitrogens with one attached hydrogen (secondary N) is 3. The highest BCUT2D eigenvalue weighted by Crippen LogP contribution is 2.13. The number of hydrogen-bond acceptors (Lipinski definition) is 3. The zero-order valence-corrected chi connectivity index (χ0v) is 13.8. The summed E-state index contributed by atoms with van der Waals surface area (Å²) in [6.45, 7) is 2.85. The molecule has 0 unspecified atom stereocenters. The Morgan fingerprint density at radius 1 is 0.833 bits per heavy atom. The van der Waals surface area contributed by atoms with E-state index in [2.05, 4.69) is 16.0 Å². The van der Waals surface area contributed by atoms with Gasteiger partial charge in [-0.3, -0.25) is 9.59 Å². The van der Waals surface area contributed by atoms with Crippen LogP contribution in [0.5, 0.6) is 0 Å². The molecule has 2 aromatic rings. The molecule has 0 aromatic heterocycles. The van der Waals surface area contributed by atoms with Gasteiger partial charge in [0.1, 0.15) is 0 Å². The van der Waals surface area contributed by atoms with Crippen LogP contribution >= 0.6 is 0 Å². The molecule has 2 aromatic carbocycles. The molecule has 0 radical (unpaired) electrons. The molecule has 24 heavy (non-hydrogen) atoms. The second-order valence-electron chi connectivity index (χ2n) is 5.51. The fourth-order valence-electron chi connectivity index (χ4n) is 2.21. The third kappa shape index (κ3) is 6.22. The topological polar surface area (TPSA) is 70.2 Å². The SMILES string of the molecule is CCCC(=O)Nc1ccc(NC(=O)CNCc2ccccc2)cc1. The number of benzene rings is 2. The zero-order chi connectivity index (χ0) is 17.2. The lowest BCUT2D eigenvalue weighted by Gasteiger charge is -2.08. The molecule has 5 heteroatoms. The molecule has 0 atom stereocenters. The summed E-state index contributed by atoms with van der Waals surface area (Å²) in [4.78, 5) is 23.4. The van der Waals surface area contributed by atoms with E-state index in [0.717, 1.165) is 17.7 Å². The summed E-state index contributed by atoms with van der Waals surface area (Å²) in [6, 6.07) is 17.0. The molecule has 0 bridgehead atoms. The van der Waals surface area contributed by atoms with Gasteiger partial charge in [0.05, 0.1) is 6.54 Å². The number of amides is 2. The summed E-state index contributed by atoms with van der Waals surface area (Å²) < 4.78 is 0. The normalized spacial score (nSPS) is 10.2. The summed E-state index contributed by atoms with van der Waals surface area (Å²) >= 11 is 0. The van der Waals surface area contributed by atoms with Crippen LogP contribution in [-0.2, 0) is 16.1 Å². The lowest BCUT2D eigenvalue weighted by atomic mass is 10.2. The van der Waals surface area contributed by atoms with Crippen molar-refractivity contribution in [2.45, 2.75) is 26.3 Å². The van der Waals surface area contributed by atoms with Gasteiger partial charge < -0.3 is 16.0 Å². The summed E-state index contributed by atoms with van der Waals surface area (Å²) in [6.07, 6.45) is 1.32. The summed E-state index contributed by atoms with van der Waals surface area (Å²) in [5, 5.41) is 8.74. The van der Waals surface area contributed by atoms with Gasteiger partial charge in [-0.15, -0.1) is 0 Å². The molecule has 5 nitrogen and oxygen atoms in total. The van der Waals surface area contributed by atoms with Crippen molar-refractivity contribution in [2.24, 2.45) is 0 Å². The molecule has 2 rings (SSSR count). The highest BCUT2D eigenvalue weighted by Gasteiger charge is 2.04. The molecule has 0 saturated heterocycles. The van der Waals surface area contributed by atoms with Crippen molar-refractivity contribution in [1.82, 2.24) is 5.32 Å². The minimum Gasteiger partial charge on any atom is -0.326 e. The lowest BCUT2D eigenvalue weighted by molar-refractivity contribution is -0.116. The first kappa shape index (κ1) is 17.7. The van der Waals surface area contributed by atoms with Crippen molar-refractivity contribution < 1.29 is 9.59 Å². The van der Waals surface area contributed by atoms with Gasteiger partial charge in [0.25, 0.3) is 0 Å². The van der Waals surface area contributed by atoms with Crippen molar-refractivity contribution in [3.63, 3.8) is 0 Å². The predicted molar refractivity (Wildman–Crippen MR) is 96.8 cm³/mol. The van der Waals surface area contributed by atoms with Crippen LogP contribution < -0.4 is 16.0 Å². The molecular formula is C19H23N3O2. The Morgan fingerprint density at radius 2 is 1.42 bits per heavy atom. The first-order valence-corrected chi connectivity index (χ1v) is 8.12. The maximum atomic E-state index is 11.9. The molecule has 0 aliphatic rings. The first-order chi connectivity index (χ1) is 11.7. The maximum absolute atomic E-state index is 11.9. The van der Waals surface area contributed by atoms with Crippen LogP contribution in [0.15, 0.2) is 54.6 Å². The van der Waals surface area contributed by atoms with E-state index >= 15 is 0 Å². The van der Waals surface area contributed by atoms with Crippen molar-refractivity contribution in [1.29, 1.82) is 0 Å². The number of rotatable bonds is 8.